The van der Waals surface area contributed by atoms with Gasteiger partial charge >= 0.3 is 0 Å². The molecule has 4 nitrogen and oxygen atoms in total. The fourth-order valence-electron chi connectivity index (χ4n) is 4.15. The van der Waals surface area contributed by atoms with Gasteiger partial charge in [-0.1, -0.05) is 18.2 Å². The van der Waals surface area contributed by atoms with E-state index < -0.39 is 0 Å². The van der Waals surface area contributed by atoms with Gasteiger partial charge in [-0.05, 0) is 44.6 Å². The third-order valence-electron chi connectivity index (χ3n) is 5.91. The van der Waals surface area contributed by atoms with Crippen LogP contribution in [0.15, 0.2) is 24.3 Å². The van der Waals surface area contributed by atoms with E-state index in [4.69, 9.17) is 4.74 Å². The van der Waals surface area contributed by atoms with Gasteiger partial charge in [0, 0.05) is 43.8 Å². The molecular formula is C20H27FN2O2. The van der Waals surface area contributed by atoms with Gasteiger partial charge in [0.1, 0.15) is 5.82 Å². The summed E-state index contributed by atoms with van der Waals surface area (Å²) in [4.78, 5) is 14.3. The average Bonchev–Trinajstić information content (AvgIpc) is 3.44. The lowest BCUT2D eigenvalue weighted by molar-refractivity contribution is -0.132. The van der Waals surface area contributed by atoms with Gasteiger partial charge < -0.3 is 10.1 Å². The van der Waals surface area contributed by atoms with Crippen molar-refractivity contribution in [1.82, 2.24) is 10.2 Å². The zero-order valence-corrected chi connectivity index (χ0v) is 14.7. The molecule has 1 aromatic carbocycles. The molecular weight excluding hydrogens is 319 g/mol. The van der Waals surface area contributed by atoms with Crippen molar-refractivity contribution in [2.24, 2.45) is 5.92 Å². The van der Waals surface area contributed by atoms with E-state index in [0.29, 0.717) is 6.54 Å². The van der Waals surface area contributed by atoms with Crippen LogP contribution in [-0.4, -0.2) is 42.1 Å². The Morgan fingerprint density at radius 2 is 2.00 bits per heavy atom. The summed E-state index contributed by atoms with van der Waals surface area (Å²) in [7, 11) is 0. The highest BCUT2D eigenvalue weighted by atomic mass is 19.1. The van der Waals surface area contributed by atoms with E-state index in [1.54, 1.807) is 6.07 Å². The first-order valence-corrected chi connectivity index (χ1v) is 9.54. The van der Waals surface area contributed by atoms with Crippen molar-refractivity contribution in [2.45, 2.75) is 56.7 Å². The van der Waals surface area contributed by atoms with E-state index in [1.165, 1.54) is 6.07 Å². The zero-order chi connectivity index (χ0) is 17.3. The SMILES string of the molecule is O=C(NC1CCOC2(CCN(Cc3ccccc3F)CC2)C1)C1CC1. The third-order valence-corrected chi connectivity index (χ3v) is 5.91. The monoisotopic (exact) mass is 346 g/mol. The number of carbonyl (C=O) groups excluding carboxylic acids is 1. The molecule has 1 saturated carbocycles. The first-order chi connectivity index (χ1) is 12.1. The van der Waals surface area contributed by atoms with Crippen LogP contribution < -0.4 is 5.32 Å². The summed E-state index contributed by atoms with van der Waals surface area (Å²) in [6, 6.07) is 7.26. The van der Waals surface area contributed by atoms with Crippen LogP contribution >= 0.6 is 0 Å². The molecule has 2 aliphatic heterocycles. The number of benzene rings is 1. The van der Waals surface area contributed by atoms with E-state index in [1.807, 2.05) is 12.1 Å². The molecule has 0 aromatic heterocycles. The molecule has 4 rings (SSSR count). The van der Waals surface area contributed by atoms with Crippen LogP contribution in [0.4, 0.5) is 4.39 Å². The molecule has 3 fully saturated rings. The fraction of sp³-hybridized carbons (Fsp3) is 0.650. The Hall–Kier alpha value is -1.46. The molecule has 1 amide bonds. The van der Waals surface area contributed by atoms with E-state index in [9.17, 15) is 9.18 Å². The second-order valence-electron chi connectivity index (χ2n) is 7.87. The van der Waals surface area contributed by atoms with E-state index >= 15 is 0 Å². The molecule has 2 saturated heterocycles. The minimum absolute atomic E-state index is 0.106. The number of nitrogens with zero attached hydrogens (tertiary/aromatic N) is 1. The van der Waals surface area contributed by atoms with Crippen LogP contribution in [0, 0.1) is 11.7 Å². The fourth-order valence-corrected chi connectivity index (χ4v) is 4.15. The average molecular weight is 346 g/mol. The van der Waals surface area contributed by atoms with E-state index in [2.05, 4.69) is 10.2 Å². The van der Waals surface area contributed by atoms with Gasteiger partial charge in [-0.25, -0.2) is 4.39 Å². The van der Waals surface area contributed by atoms with Gasteiger partial charge in [0.05, 0.1) is 5.60 Å². The van der Waals surface area contributed by atoms with Crippen LogP contribution in [0.3, 0.4) is 0 Å². The minimum Gasteiger partial charge on any atom is -0.375 e. The Bertz CT molecular complexity index is 624. The van der Waals surface area contributed by atoms with Crippen molar-refractivity contribution in [1.29, 1.82) is 0 Å². The summed E-state index contributed by atoms with van der Waals surface area (Å²) in [6.45, 7) is 3.21. The highest BCUT2D eigenvalue weighted by molar-refractivity contribution is 5.81. The molecule has 1 aliphatic carbocycles. The van der Waals surface area contributed by atoms with Gasteiger partial charge in [-0.2, -0.15) is 0 Å². The molecule has 0 radical (unpaired) electrons. The molecule has 136 valence electrons. The topological polar surface area (TPSA) is 41.6 Å². The lowest BCUT2D eigenvalue weighted by atomic mass is 9.82. The number of halogens is 1. The third kappa shape index (κ3) is 4.04. The zero-order valence-electron chi connectivity index (χ0n) is 14.7. The molecule has 1 unspecified atom stereocenters. The van der Waals surface area contributed by atoms with Crippen molar-refractivity contribution in [2.75, 3.05) is 19.7 Å². The number of carbonyl (C=O) groups is 1. The number of hydrogen-bond donors (Lipinski definition) is 1. The maximum absolute atomic E-state index is 13.8. The number of amides is 1. The normalized spacial score (nSPS) is 26.5. The Morgan fingerprint density at radius 3 is 2.72 bits per heavy atom. The first-order valence-electron chi connectivity index (χ1n) is 9.54. The lowest BCUT2D eigenvalue weighted by Gasteiger charge is -2.46. The predicted octanol–water partition coefficient (Wildman–Crippen LogP) is 2.87. The highest BCUT2D eigenvalue weighted by Gasteiger charge is 2.41. The summed E-state index contributed by atoms with van der Waals surface area (Å²) in [5.74, 6) is 0.375. The Morgan fingerprint density at radius 1 is 1.24 bits per heavy atom. The number of piperidine rings is 1. The van der Waals surface area contributed by atoms with E-state index in [0.717, 1.165) is 63.8 Å². The largest absolute Gasteiger partial charge is 0.375 e. The van der Waals surface area contributed by atoms with Crippen LogP contribution in [0.2, 0.25) is 0 Å². The summed E-state index contributed by atoms with van der Waals surface area (Å²) < 4.78 is 20.0. The molecule has 3 aliphatic rings. The molecule has 1 atom stereocenters. The molecule has 1 N–H and O–H groups in total. The standard InChI is InChI=1S/C20H27FN2O2/c21-18-4-2-1-3-16(18)14-23-10-8-20(9-11-23)13-17(7-12-25-20)22-19(24)15-5-6-15/h1-4,15,17H,5-14H2,(H,22,24). The summed E-state index contributed by atoms with van der Waals surface area (Å²) in [6.07, 6.45) is 5.84. The van der Waals surface area contributed by atoms with E-state index in [-0.39, 0.29) is 29.3 Å². The Labute approximate surface area is 148 Å². The first kappa shape index (κ1) is 17.0. The molecule has 1 aromatic rings. The summed E-state index contributed by atoms with van der Waals surface area (Å²) in [5.41, 5.74) is 0.656. The number of ether oxygens (including phenoxy) is 1. The van der Waals surface area contributed by atoms with Gasteiger partial charge in [0.15, 0.2) is 0 Å². The van der Waals surface area contributed by atoms with Gasteiger partial charge in [-0.15, -0.1) is 0 Å². The molecule has 1 spiro atoms. The van der Waals surface area contributed by atoms with Crippen molar-refractivity contribution in [3.63, 3.8) is 0 Å². The van der Waals surface area contributed by atoms with Gasteiger partial charge in [0.25, 0.3) is 0 Å². The predicted molar refractivity (Wildman–Crippen MR) is 93.5 cm³/mol. The Balaban J connectivity index is 1.30. The minimum atomic E-state index is -0.125. The Kier molecular flexibility index (Phi) is 4.78. The number of nitrogens with one attached hydrogen (secondary N) is 1. The van der Waals surface area contributed by atoms with Crippen LogP contribution in [0.25, 0.3) is 0 Å². The molecule has 5 heteroatoms. The maximum atomic E-state index is 13.8. The van der Waals surface area contributed by atoms with Crippen molar-refractivity contribution >= 4 is 5.91 Å². The van der Waals surface area contributed by atoms with Crippen LogP contribution in [0.5, 0.6) is 0 Å². The van der Waals surface area contributed by atoms with Crippen molar-refractivity contribution in [3.8, 4) is 0 Å². The molecule has 0 bridgehead atoms. The maximum Gasteiger partial charge on any atom is 0.223 e. The summed E-state index contributed by atoms with van der Waals surface area (Å²) in [5, 5.41) is 3.23. The summed E-state index contributed by atoms with van der Waals surface area (Å²) >= 11 is 0. The number of rotatable bonds is 4. The highest BCUT2D eigenvalue weighted by Crippen LogP contribution is 2.36. The van der Waals surface area contributed by atoms with Crippen LogP contribution in [-0.2, 0) is 16.1 Å². The van der Waals surface area contributed by atoms with Gasteiger partial charge in [-0.3, -0.25) is 9.69 Å². The second kappa shape index (κ2) is 7.04. The smallest absolute Gasteiger partial charge is 0.223 e. The molecule has 2 heterocycles. The van der Waals surface area contributed by atoms with Crippen molar-refractivity contribution in [3.05, 3.63) is 35.6 Å². The van der Waals surface area contributed by atoms with Crippen molar-refractivity contribution < 1.29 is 13.9 Å². The lowest BCUT2D eigenvalue weighted by Crippen LogP contribution is -2.53. The quantitative estimate of drug-likeness (QED) is 0.911. The molecule has 25 heavy (non-hydrogen) atoms. The van der Waals surface area contributed by atoms with Gasteiger partial charge in [0.2, 0.25) is 5.91 Å². The number of hydrogen-bond acceptors (Lipinski definition) is 3. The number of likely N-dealkylation sites (tertiary alicyclic amines) is 1. The van der Waals surface area contributed by atoms with Crippen LogP contribution in [0.1, 0.15) is 44.1 Å². The second-order valence-corrected chi connectivity index (χ2v) is 7.87.